The molecule has 26 heavy (non-hydrogen) atoms. The molecule has 4 aromatic rings. The van der Waals surface area contributed by atoms with E-state index < -0.39 is 0 Å². The first-order valence-electron chi connectivity index (χ1n) is 8.79. The lowest BCUT2D eigenvalue weighted by molar-refractivity contribution is 1.10. The zero-order chi connectivity index (χ0) is 17.9. The van der Waals surface area contributed by atoms with E-state index in [1.54, 1.807) is 0 Å². The summed E-state index contributed by atoms with van der Waals surface area (Å²) in [6.07, 6.45) is 2.99. The van der Waals surface area contributed by atoms with Crippen LogP contribution in [0.5, 0.6) is 0 Å². The molecule has 0 bridgehead atoms. The lowest BCUT2D eigenvalue weighted by Crippen LogP contribution is -1.83. The summed E-state index contributed by atoms with van der Waals surface area (Å²) >= 11 is 0. The van der Waals surface area contributed by atoms with Gasteiger partial charge in [0.2, 0.25) is 0 Å². The summed E-state index contributed by atoms with van der Waals surface area (Å²) in [6.45, 7) is 4.21. The Labute approximate surface area is 152 Å². The fourth-order valence-corrected chi connectivity index (χ4v) is 2.89. The summed E-state index contributed by atoms with van der Waals surface area (Å²) < 4.78 is 1.97. The molecule has 0 radical (unpaired) electrons. The summed E-state index contributed by atoms with van der Waals surface area (Å²) in [5, 5.41) is 8.96. The van der Waals surface area contributed by atoms with Gasteiger partial charge in [0.15, 0.2) is 5.82 Å². The van der Waals surface area contributed by atoms with Crippen molar-refractivity contribution in [3.8, 4) is 11.3 Å². The fourth-order valence-electron chi connectivity index (χ4n) is 2.89. The molecule has 0 unspecified atom stereocenters. The molecule has 0 spiro atoms. The van der Waals surface area contributed by atoms with Gasteiger partial charge < -0.3 is 0 Å². The first-order valence-corrected chi connectivity index (χ1v) is 8.79. The van der Waals surface area contributed by atoms with Crippen LogP contribution >= 0.6 is 0 Å². The predicted molar refractivity (Wildman–Crippen MR) is 105 cm³/mol. The van der Waals surface area contributed by atoms with Gasteiger partial charge in [-0.25, -0.2) is 4.98 Å². The van der Waals surface area contributed by atoms with Gasteiger partial charge in [0.05, 0.1) is 5.69 Å². The number of benzene rings is 2. The zero-order valence-electron chi connectivity index (χ0n) is 14.9. The van der Waals surface area contributed by atoms with Crippen LogP contribution in [0.4, 0.5) is 11.5 Å². The van der Waals surface area contributed by atoms with Crippen LogP contribution in [-0.2, 0) is 6.42 Å². The van der Waals surface area contributed by atoms with Crippen molar-refractivity contribution < 1.29 is 0 Å². The van der Waals surface area contributed by atoms with Gasteiger partial charge in [0, 0.05) is 11.8 Å². The molecular formula is C22H20N4. The van der Waals surface area contributed by atoms with E-state index in [-0.39, 0.29) is 0 Å². The molecule has 2 heterocycles. The zero-order valence-corrected chi connectivity index (χ0v) is 14.9. The molecular weight excluding hydrogens is 320 g/mol. The smallest absolute Gasteiger partial charge is 0.187 e. The molecule has 0 aliphatic heterocycles. The summed E-state index contributed by atoms with van der Waals surface area (Å²) in [4.78, 5) is 4.77. The molecule has 0 N–H and O–H groups in total. The molecule has 4 nitrogen and oxygen atoms in total. The van der Waals surface area contributed by atoms with Gasteiger partial charge in [0.25, 0.3) is 0 Å². The highest BCUT2D eigenvalue weighted by atomic mass is 15.2. The molecule has 0 saturated carbocycles. The van der Waals surface area contributed by atoms with Crippen LogP contribution in [-0.4, -0.2) is 9.38 Å². The van der Waals surface area contributed by atoms with Gasteiger partial charge in [-0.3, -0.25) is 4.40 Å². The molecule has 128 valence electrons. The van der Waals surface area contributed by atoms with E-state index in [0.717, 1.165) is 34.8 Å². The van der Waals surface area contributed by atoms with Gasteiger partial charge >= 0.3 is 0 Å². The van der Waals surface area contributed by atoms with E-state index in [9.17, 15) is 0 Å². The van der Waals surface area contributed by atoms with E-state index in [1.807, 2.05) is 53.1 Å². The number of aryl methyl sites for hydroxylation is 2. The van der Waals surface area contributed by atoms with Crippen molar-refractivity contribution in [1.29, 1.82) is 0 Å². The average Bonchev–Trinajstić information content (AvgIpc) is 3.06. The van der Waals surface area contributed by atoms with Crippen molar-refractivity contribution in [3.05, 3.63) is 84.1 Å². The van der Waals surface area contributed by atoms with Gasteiger partial charge in [-0.05, 0) is 43.2 Å². The Morgan fingerprint density at radius 3 is 2.38 bits per heavy atom. The van der Waals surface area contributed by atoms with Crippen molar-refractivity contribution in [3.63, 3.8) is 0 Å². The van der Waals surface area contributed by atoms with Crippen LogP contribution < -0.4 is 0 Å². The normalized spacial score (nSPS) is 11.5. The Morgan fingerprint density at radius 2 is 1.65 bits per heavy atom. The molecule has 4 rings (SSSR count). The van der Waals surface area contributed by atoms with Gasteiger partial charge in [-0.2, -0.15) is 0 Å². The fraction of sp³-hybridized carbons (Fsp3) is 0.136. The average molecular weight is 340 g/mol. The highest BCUT2D eigenvalue weighted by molar-refractivity contribution is 5.74. The third-order valence-electron chi connectivity index (χ3n) is 4.43. The molecule has 0 aliphatic rings. The number of hydrogen-bond acceptors (Lipinski definition) is 3. The van der Waals surface area contributed by atoms with Gasteiger partial charge in [-0.1, -0.05) is 55.0 Å². The first-order chi connectivity index (χ1) is 12.7. The molecule has 0 fully saturated rings. The van der Waals surface area contributed by atoms with E-state index in [4.69, 9.17) is 4.98 Å². The largest absolute Gasteiger partial charge is 0.283 e. The molecule has 4 heteroatoms. The monoisotopic (exact) mass is 340 g/mol. The number of pyridine rings is 1. The van der Waals surface area contributed by atoms with E-state index >= 15 is 0 Å². The van der Waals surface area contributed by atoms with Crippen molar-refractivity contribution >= 4 is 17.2 Å². The minimum atomic E-state index is 0.741. The first kappa shape index (κ1) is 16.2. The quantitative estimate of drug-likeness (QED) is 0.403. The molecule has 0 aliphatic carbocycles. The molecule has 0 amide bonds. The number of rotatable bonds is 4. The summed E-state index contributed by atoms with van der Waals surface area (Å²) in [6, 6.07) is 22.4. The third-order valence-corrected chi connectivity index (χ3v) is 4.43. The second-order valence-corrected chi connectivity index (χ2v) is 6.30. The number of aromatic nitrogens is 2. The lowest BCUT2D eigenvalue weighted by Gasteiger charge is -2.01. The number of imidazole rings is 1. The second kappa shape index (κ2) is 6.92. The maximum Gasteiger partial charge on any atom is 0.187 e. The summed E-state index contributed by atoms with van der Waals surface area (Å²) in [7, 11) is 0. The van der Waals surface area contributed by atoms with Crippen molar-refractivity contribution in [1.82, 2.24) is 9.38 Å². The lowest BCUT2D eigenvalue weighted by atomic mass is 10.1. The number of nitrogens with zero attached hydrogens (tertiary/aromatic N) is 4. The van der Waals surface area contributed by atoms with Crippen molar-refractivity contribution in [2.75, 3.05) is 0 Å². The van der Waals surface area contributed by atoms with Crippen LogP contribution in [0, 0.1) is 6.92 Å². The number of azo groups is 1. The third kappa shape index (κ3) is 3.14. The number of hydrogen-bond donors (Lipinski definition) is 0. The Hall–Kier alpha value is -3.27. The highest BCUT2D eigenvalue weighted by Gasteiger charge is 2.13. The molecule has 2 aromatic carbocycles. The van der Waals surface area contributed by atoms with Crippen molar-refractivity contribution in [2.45, 2.75) is 20.3 Å². The Kier molecular flexibility index (Phi) is 4.32. The van der Waals surface area contributed by atoms with Crippen LogP contribution in [0.25, 0.3) is 16.9 Å². The molecule has 0 atom stereocenters. The van der Waals surface area contributed by atoms with Crippen LogP contribution in [0.3, 0.4) is 0 Å². The minimum Gasteiger partial charge on any atom is -0.283 e. The summed E-state index contributed by atoms with van der Waals surface area (Å²) in [5.74, 6) is 0.741. The topological polar surface area (TPSA) is 42.0 Å². The Morgan fingerprint density at radius 1 is 0.885 bits per heavy atom. The predicted octanol–water partition coefficient (Wildman–Crippen LogP) is 6.29. The number of fused-ring (bicyclic) bond motifs is 1. The molecule has 0 saturated heterocycles. The van der Waals surface area contributed by atoms with Gasteiger partial charge in [-0.15, -0.1) is 10.2 Å². The van der Waals surface area contributed by atoms with Gasteiger partial charge in [0.1, 0.15) is 11.3 Å². The Bertz CT molecular complexity index is 1060. The van der Waals surface area contributed by atoms with Crippen molar-refractivity contribution in [2.24, 2.45) is 10.2 Å². The van der Waals surface area contributed by atoms with Crippen LogP contribution in [0.15, 0.2) is 83.2 Å². The SMILES string of the molecule is CCc1ccc(-c2nc3ccccn3c2N=Nc2ccc(C)cc2)cc1. The standard InChI is InChI=1S/C22H20N4/c1-3-17-9-11-18(12-10-17)21-22(26-15-5-4-6-20(26)23-21)25-24-19-13-7-16(2)8-14-19/h4-15H,3H2,1-2H3. The van der Waals surface area contributed by atoms with E-state index in [1.165, 1.54) is 11.1 Å². The van der Waals surface area contributed by atoms with Crippen LogP contribution in [0.1, 0.15) is 18.1 Å². The van der Waals surface area contributed by atoms with E-state index in [0.29, 0.717) is 0 Å². The Balaban J connectivity index is 1.82. The minimum absolute atomic E-state index is 0.741. The maximum atomic E-state index is 4.77. The maximum absolute atomic E-state index is 4.77. The second-order valence-electron chi connectivity index (χ2n) is 6.30. The van der Waals surface area contributed by atoms with E-state index in [2.05, 4.69) is 48.3 Å². The van der Waals surface area contributed by atoms with Crippen LogP contribution in [0.2, 0.25) is 0 Å². The highest BCUT2D eigenvalue weighted by Crippen LogP contribution is 2.32. The summed E-state index contributed by atoms with van der Waals surface area (Å²) in [5.41, 5.74) is 6.09. The molecule has 2 aromatic heterocycles.